The first-order chi connectivity index (χ1) is 17.5. The Morgan fingerprint density at radius 2 is 1.84 bits per heavy atom. The summed E-state index contributed by atoms with van der Waals surface area (Å²) < 4.78 is 25.1. The fourth-order valence-corrected chi connectivity index (χ4v) is 5.24. The van der Waals surface area contributed by atoms with Crippen molar-refractivity contribution < 1.29 is 13.2 Å². The summed E-state index contributed by atoms with van der Waals surface area (Å²) in [6.07, 6.45) is 4.91. The molecule has 1 saturated heterocycles. The SMILES string of the molecule is C[C@H](N)C(=O)N1CCC(n2c(=O)[nH]c(=O)c3cnc4ccc(-c5ccc(S(C)(=O)=O)nc5)nc4c32)CC1. The Kier molecular flexibility index (Phi) is 6.12. The summed E-state index contributed by atoms with van der Waals surface area (Å²) in [5, 5.41) is 0.162. The molecule has 0 aromatic carbocycles. The Bertz CT molecular complexity index is 1750. The molecule has 37 heavy (non-hydrogen) atoms. The third-order valence-electron chi connectivity index (χ3n) is 6.55. The minimum absolute atomic E-state index is 0.0571. The number of nitrogens with one attached hydrogen (secondary N) is 1. The number of hydrogen-bond acceptors (Lipinski definition) is 9. The van der Waals surface area contributed by atoms with Crippen molar-refractivity contribution in [3.63, 3.8) is 0 Å². The monoisotopic (exact) mass is 523 g/mol. The summed E-state index contributed by atoms with van der Waals surface area (Å²) in [6, 6.07) is 5.55. The number of rotatable bonds is 4. The van der Waals surface area contributed by atoms with Gasteiger partial charge in [0.15, 0.2) is 14.9 Å². The van der Waals surface area contributed by atoms with Crippen molar-refractivity contribution in [1.82, 2.24) is 29.4 Å². The lowest BCUT2D eigenvalue weighted by Gasteiger charge is -2.34. The van der Waals surface area contributed by atoms with Crippen LogP contribution in [0, 0.1) is 0 Å². The van der Waals surface area contributed by atoms with Crippen LogP contribution in [0.1, 0.15) is 25.8 Å². The van der Waals surface area contributed by atoms with E-state index in [1.807, 2.05) is 0 Å². The molecule has 1 amide bonds. The number of carbonyl (C=O) groups is 1. The average Bonchev–Trinajstić information content (AvgIpc) is 2.87. The highest BCUT2D eigenvalue weighted by atomic mass is 32.2. The molecule has 4 aromatic rings. The topological polar surface area (TPSA) is 174 Å². The molecule has 1 atom stereocenters. The normalized spacial score (nSPS) is 15.8. The Hall–Kier alpha value is -3.97. The first kappa shape index (κ1) is 24.7. The second kappa shape index (κ2) is 9.16. The number of fused-ring (bicyclic) bond motifs is 3. The number of carbonyl (C=O) groups excluding carboxylic acids is 1. The molecule has 13 heteroatoms. The van der Waals surface area contributed by atoms with Gasteiger partial charge in [-0.2, -0.15) is 0 Å². The molecule has 1 aliphatic heterocycles. The van der Waals surface area contributed by atoms with Crippen LogP contribution in [0.4, 0.5) is 0 Å². The molecule has 0 radical (unpaired) electrons. The van der Waals surface area contributed by atoms with E-state index in [0.717, 1.165) is 6.26 Å². The van der Waals surface area contributed by atoms with Crippen molar-refractivity contribution in [3.8, 4) is 11.3 Å². The summed E-state index contributed by atoms with van der Waals surface area (Å²) in [5.74, 6) is -0.145. The van der Waals surface area contributed by atoms with Gasteiger partial charge in [0.25, 0.3) is 5.56 Å². The zero-order valence-corrected chi connectivity index (χ0v) is 21.0. The van der Waals surface area contributed by atoms with Crippen LogP contribution in [-0.2, 0) is 14.6 Å². The van der Waals surface area contributed by atoms with Crippen molar-refractivity contribution in [3.05, 3.63) is 57.5 Å². The standard InChI is InChI=1S/C24H25N7O5S/c1-13(25)23(33)30-9-7-15(8-10-30)31-21-16(22(32)29-24(31)34)12-26-18-5-4-17(28-20(18)21)14-3-6-19(27-11-14)37(2,35)36/h3-6,11-13,15H,7-10,25H2,1-2H3,(H,29,32,34)/t13-/m0/s1. The molecule has 1 fully saturated rings. The van der Waals surface area contributed by atoms with E-state index < -0.39 is 27.1 Å². The lowest BCUT2D eigenvalue weighted by Crippen LogP contribution is -2.47. The summed E-state index contributed by atoms with van der Waals surface area (Å²) >= 11 is 0. The van der Waals surface area contributed by atoms with E-state index in [9.17, 15) is 22.8 Å². The van der Waals surface area contributed by atoms with Crippen LogP contribution in [0.25, 0.3) is 33.2 Å². The van der Waals surface area contributed by atoms with E-state index in [1.165, 1.54) is 23.0 Å². The third-order valence-corrected chi connectivity index (χ3v) is 7.56. The molecule has 1 aliphatic rings. The van der Waals surface area contributed by atoms with Gasteiger partial charge in [-0.15, -0.1) is 0 Å². The van der Waals surface area contributed by atoms with Crippen molar-refractivity contribution in [2.24, 2.45) is 5.73 Å². The molecule has 5 heterocycles. The molecule has 0 unspecified atom stereocenters. The molecule has 5 rings (SSSR count). The number of H-pyrrole nitrogens is 1. The lowest BCUT2D eigenvalue weighted by atomic mass is 10.0. The molecule has 0 bridgehead atoms. The van der Waals surface area contributed by atoms with Gasteiger partial charge in [0, 0.05) is 43.3 Å². The number of amides is 1. The first-order valence-corrected chi connectivity index (χ1v) is 13.6. The van der Waals surface area contributed by atoms with Gasteiger partial charge < -0.3 is 10.6 Å². The number of likely N-dealkylation sites (tertiary alicyclic amines) is 1. The summed E-state index contributed by atoms with van der Waals surface area (Å²) in [4.78, 5) is 55.3. The number of aromatic nitrogens is 5. The quantitative estimate of drug-likeness (QED) is 0.363. The van der Waals surface area contributed by atoms with Gasteiger partial charge in [0.05, 0.1) is 28.2 Å². The highest BCUT2D eigenvalue weighted by Crippen LogP contribution is 2.29. The van der Waals surface area contributed by atoms with Gasteiger partial charge >= 0.3 is 5.69 Å². The maximum Gasteiger partial charge on any atom is 0.329 e. The van der Waals surface area contributed by atoms with Crippen LogP contribution in [0.2, 0.25) is 0 Å². The van der Waals surface area contributed by atoms with E-state index in [1.54, 1.807) is 30.0 Å². The lowest BCUT2D eigenvalue weighted by molar-refractivity contribution is -0.133. The number of nitrogens with zero attached hydrogens (tertiary/aromatic N) is 5. The molecule has 0 spiro atoms. The van der Waals surface area contributed by atoms with Gasteiger partial charge in [-0.3, -0.25) is 24.1 Å². The van der Waals surface area contributed by atoms with Crippen LogP contribution in [0.5, 0.6) is 0 Å². The van der Waals surface area contributed by atoms with E-state index in [4.69, 9.17) is 10.7 Å². The third kappa shape index (κ3) is 4.51. The van der Waals surface area contributed by atoms with E-state index >= 15 is 0 Å². The first-order valence-electron chi connectivity index (χ1n) is 11.7. The second-order valence-corrected chi connectivity index (χ2v) is 11.2. The summed E-state index contributed by atoms with van der Waals surface area (Å²) in [7, 11) is -3.46. The van der Waals surface area contributed by atoms with E-state index in [0.29, 0.717) is 53.7 Å². The molecule has 4 aromatic heterocycles. The van der Waals surface area contributed by atoms with Gasteiger partial charge in [-0.1, -0.05) is 0 Å². The molecular weight excluding hydrogens is 498 g/mol. The minimum atomic E-state index is -3.46. The molecule has 12 nitrogen and oxygen atoms in total. The van der Waals surface area contributed by atoms with Crippen molar-refractivity contribution in [1.29, 1.82) is 0 Å². The predicted molar refractivity (Wildman–Crippen MR) is 137 cm³/mol. The Morgan fingerprint density at radius 1 is 1.11 bits per heavy atom. The van der Waals surface area contributed by atoms with Gasteiger partial charge in [0.2, 0.25) is 5.91 Å². The van der Waals surface area contributed by atoms with Gasteiger partial charge in [-0.05, 0) is 44.0 Å². The summed E-state index contributed by atoms with van der Waals surface area (Å²) in [5.41, 5.74) is 6.86. The maximum absolute atomic E-state index is 13.1. The minimum Gasteiger partial charge on any atom is -0.341 e. The van der Waals surface area contributed by atoms with Crippen molar-refractivity contribution in [2.75, 3.05) is 19.3 Å². The van der Waals surface area contributed by atoms with Gasteiger partial charge in [0.1, 0.15) is 5.52 Å². The second-order valence-electron chi connectivity index (χ2n) is 9.22. The van der Waals surface area contributed by atoms with E-state index in [2.05, 4.69) is 15.0 Å². The molecular formula is C24H25N7O5S. The number of sulfone groups is 1. The average molecular weight is 524 g/mol. The smallest absolute Gasteiger partial charge is 0.329 e. The molecule has 3 N–H and O–H groups in total. The Labute approximate surface area is 211 Å². The molecule has 0 saturated carbocycles. The molecule has 192 valence electrons. The fraction of sp³-hybridized carbons (Fsp3) is 0.333. The highest BCUT2D eigenvalue weighted by Gasteiger charge is 2.28. The number of hydrogen-bond donors (Lipinski definition) is 2. The van der Waals surface area contributed by atoms with Crippen LogP contribution >= 0.6 is 0 Å². The van der Waals surface area contributed by atoms with Crippen molar-refractivity contribution >= 4 is 37.7 Å². The Morgan fingerprint density at radius 3 is 2.46 bits per heavy atom. The zero-order valence-electron chi connectivity index (χ0n) is 20.2. The number of aromatic amines is 1. The van der Waals surface area contributed by atoms with Crippen LogP contribution in [0.15, 0.2) is 51.3 Å². The van der Waals surface area contributed by atoms with E-state index in [-0.39, 0.29) is 22.4 Å². The fourth-order valence-electron chi connectivity index (χ4n) is 4.68. The highest BCUT2D eigenvalue weighted by molar-refractivity contribution is 7.90. The summed E-state index contributed by atoms with van der Waals surface area (Å²) in [6.45, 7) is 2.50. The predicted octanol–water partition coefficient (Wildman–Crippen LogP) is 0.609. The van der Waals surface area contributed by atoms with Gasteiger partial charge in [-0.25, -0.2) is 23.2 Å². The van der Waals surface area contributed by atoms with Crippen LogP contribution < -0.4 is 17.0 Å². The maximum atomic E-state index is 13.1. The van der Waals surface area contributed by atoms with Crippen LogP contribution in [-0.4, -0.2) is 69.1 Å². The number of nitrogens with two attached hydrogens (primary N) is 1. The zero-order chi connectivity index (χ0) is 26.5. The Balaban J connectivity index is 1.64. The largest absolute Gasteiger partial charge is 0.341 e. The number of pyridine rings is 3. The van der Waals surface area contributed by atoms with Crippen molar-refractivity contribution in [2.45, 2.75) is 36.9 Å². The van der Waals surface area contributed by atoms with Crippen LogP contribution in [0.3, 0.4) is 0 Å². The molecule has 0 aliphatic carbocycles. The number of piperidine rings is 1.